The molecule has 0 saturated heterocycles. The van der Waals surface area contributed by atoms with Crippen LogP contribution in [-0.4, -0.2) is 11.1 Å². The van der Waals surface area contributed by atoms with Gasteiger partial charge in [0, 0.05) is 17.7 Å². The molecule has 2 aromatic rings. The average molecular weight is 270 g/mol. The van der Waals surface area contributed by atoms with Crippen molar-refractivity contribution in [2.45, 2.75) is 0 Å². The lowest BCUT2D eigenvalue weighted by atomic mass is 10.0. The van der Waals surface area contributed by atoms with Crippen LogP contribution in [0.4, 0.5) is 17.6 Å². The summed E-state index contributed by atoms with van der Waals surface area (Å²) in [4.78, 5) is 10.7. The molecule has 0 aliphatic carbocycles. The Morgan fingerprint density at radius 1 is 0.895 bits per heavy atom. The lowest BCUT2D eigenvalue weighted by molar-refractivity contribution is 0.0697. The first kappa shape index (κ1) is 13.1. The van der Waals surface area contributed by atoms with Crippen LogP contribution in [0.15, 0.2) is 30.3 Å². The van der Waals surface area contributed by atoms with Gasteiger partial charge in [0.2, 0.25) is 0 Å². The van der Waals surface area contributed by atoms with Crippen LogP contribution in [0.3, 0.4) is 0 Å². The summed E-state index contributed by atoms with van der Waals surface area (Å²) >= 11 is 0. The van der Waals surface area contributed by atoms with Crippen LogP contribution in [0, 0.1) is 23.3 Å². The topological polar surface area (TPSA) is 37.3 Å². The van der Waals surface area contributed by atoms with Gasteiger partial charge in [-0.25, -0.2) is 22.4 Å². The molecular weight excluding hydrogens is 264 g/mol. The van der Waals surface area contributed by atoms with E-state index in [9.17, 15) is 22.4 Å². The van der Waals surface area contributed by atoms with Crippen molar-refractivity contribution in [3.63, 3.8) is 0 Å². The normalized spacial score (nSPS) is 10.5. The van der Waals surface area contributed by atoms with Gasteiger partial charge in [0.1, 0.15) is 23.3 Å². The molecule has 6 heteroatoms. The number of rotatable bonds is 2. The van der Waals surface area contributed by atoms with E-state index < -0.39 is 40.4 Å². The number of carbonyl (C=O) groups is 1. The van der Waals surface area contributed by atoms with Gasteiger partial charge in [-0.3, -0.25) is 0 Å². The molecule has 19 heavy (non-hydrogen) atoms. The van der Waals surface area contributed by atoms with Crippen molar-refractivity contribution >= 4 is 5.97 Å². The molecule has 0 spiro atoms. The average Bonchev–Trinajstić information content (AvgIpc) is 2.29. The predicted octanol–water partition coefficient (Wildman–Crippen LogP) is 3.61. The van der Waals surface area contributed by atoms with Crippen molar-refractivity contribution < 1.29 is 27.5 Å². The third-order valence-corrected chi connectivity index (χ3v) is 2.49. The van der Waals surface area contributed by atoms with E-state index in [1.807, 2.05) is 0 Å². The smallest absolute Gasteiger partial charge is 0.335 e. The Balaban J connectivity index is 2.71. The molecular formula is C13H6F4O2. The van der Waals surface area contributed by atoms with E-state index in [1.165, 1.54) is 0 Å². The minimum atomic E-state index is -1.37. The van der Waals surface area contributed by atoms with E-state index in [4.69, 9.17) is 5.11 Å². The standard InChI is InChI=1S/C13H6F4O2/c14-7-4-10(16)12(11(17)5-7)8-3-6(13(18)19)1-2-9(8)15/h1-5H,(H,18,19). The van der Waals surface area contributed by atoms with Crippen LogP contribution in [0.1, 0.15) is 10.4 Å². The van der Waals surface area contributed by atoms with Crippen molar-refractivity contribution in [2.75, 3.05) is 0 Å². The zero-order valence-electron chi connectivity index (χ0n) is 9.25. The van der Waals surface area contributed by atoms with Gasteiger partial charge in [0.15, 0.2) is 0 Å². The third kappa shape index (κ3) is 2.42. The summed E-state index contributed by atoms with van der Waals surface area (Å²) in [5, 5.41) is 8.76. The first-order valence-corrected chi connectivity index (χ1v) is 5.08. The zero-order valence-corrected chi connectivity index (χ0v) is 9.25. The highest BCUT2D eigenvalue weighted by molar-refractivity contribution is 5.89. The third-order valence-electron chi connectivity index (χ3n) is 2.49. The fraction of sp³-hybridized carbons (Fsp3) is 0. The minimum absolute atomic E-state index is 0.334. The number of hydrogen-bond acceptors (Lipinski definition) is 1. The lowest BCUT2D eigenvalue weighted by Gasteiger charge is -2.08. The fourth-order valence-electron chi connectivity index (χ4n) is 1.65. The lowest BCUT2D eigenvalue weighted by Crippen LogP contribution is -2.00. The van der Waals surface area contributed by atoms with E-state index in [1.54, 1.807) is 0 Å². The van der Waals surface area contributed by atoms with Crippen LogP contribution >= 0.6 is 0 Å². The summed E-state index contributed by atoms with van der Waals surface area (Å²) in [5.74, 6) is -6.13. The highest BCUT2D eigenvalue weighted by atomic mass is 19.1. The Hall–Kier alpha value is -2.37. The van der Waals surface area contributed by atoms with Crippen molar-refractivity contribution in [3.05, 3.63) is 59.2 Å². The molecule has 0 atom stereocenters. The molecule has 0 aliphatic heterocycles. The van der Waals surface area contributed by atoms with Crippen LogP contribution < -0.4 is 0 Å². The van der Waals surface area contributed by atoms with Gasteiger partial charge in [0.05, 0.1) is 11.1 Å². The maximum absolute atomic E-state index is 13.6. The second-order valence-corrected chi connectivity index (χ2v) is 3.74. The Morgan fingerprint density at radius 2 is 1.47 bits per heavy atom. The second kappa shape index (κ2) is 4.72. The number of halogens is 4. The van der Waals surface area contributed by atoms with E-state index in [2.05, 4.69) is 0 Å². The molecule has 0 aromatic heterocycles. The van der Waals surface area contributed by atoms with Crippen LogP contribution in [0.5, 0.6) is 0 Å². The van der Waals surface area contributed by atoms with E-state index >= 15 is 0 Å². The quantitative estimate of drug-likeness (QED) is 0.846. The number of carboxylic acid groups (broad SMARTS) is 1. The molecule has 0 aliphatic rings. The molecule has 0 heterocycles. The molecule has 98 valence electrons. The molecule has 0 bridgehead atoms. The number of aromatic carboxylic acids is 1. The summed E-state index contributed by atoms with van der Waals surface area (Å²) in [6.07, 6.45) is 0. The summed E-state index contributed by atoms with van der Waals surface area (Å²) in [7, 11) is 0. The van der Waals surface area contributed by atoms with Crippen molar-refractivity contribution in [2.24, 2.45) is 0 Å². The van der Waals surface area contributed by atoms with Crippen molar-refractivity contribution in [1.82, 2.24) is 0 Å². The molecule has 1 N–H and O–H groups in total. The Bertz CT molecular complexity index is 645. The summed E-state index contributed by atoms with van der Waals surface area (Å²) in [6.45, 7) is 0. The minimum Gasteiger partial charge on any atom is -0.478 e. The molecule has 0 radical (unpaired) electrons. The number of hydrogen-bond donors (Lipinski definition) is 1. The van der Waals surface area contributed by atoms with E-state index in [0.717, 1.165) is 18.2 Å². The van der Waals surface area contributed by atoms with E-state index in [-0.39, 0.29) is 5.56 Å². The van der Waals surface area contributed by atoms with Gasteiger partial charge in [-0.1, -0.05) is 0 Å². The van der Waals surface area contributed by atoms with Crippen molar-refractivity contribution in [1.29, 1.82) is 0 Å². The number of benzene rings is 2. The zero-order chi connectivity index (χ0) is 14.2. The van der Waals surface area contributed by atoms with Crippen LogP contribution in [0.2, 0.25) is 0 Å². The maximum Gasteiger partial charge on any atom is 0.335 e. The van der Waals surface area contributed by atoms with Crippen LogP contribution in [0.25, 0.3) is 11.1 Å². The molecule has 0 unspecified atom stereocenters. The summed E-state index contributed by atoms with van der Waals surface area (Å²) in [6, 6.07) is 3.31. The molecule has 2 rings (SSSR count). The van der Waals surface area contributed by atoms with Gasteiger partial charge in [-0.05, 0) is 18.2 Å². The van der Waals surface area contributed by atoms with Crippen LogP contribution in [-0.2, 0) is 0 Å². The first-order valence-electron chi connectivity index (χ1n) is 5.08. The monoisotopic (exact) mass is 270 g/mol. The Labute approximate surface area is 104 Å². The predicted molar refractivity (Wildman–Crippen MR) is 58.7 cm³/mol. The first-order chi connectivity index (χ1) is 8.90. The van der Waals surface area contributed by atoms with Gasteiger partial charge in [0.25, 0.3) is 0 Å². The highest BCUT2D eigenvalue weighted by Gasteiger charge is 2.18. The van der Waals surface area contributed by atoms with Crippen molar-refractivity contribution in [3.8, 4) is 11.1 Å². The van der Waals surface area contributed by atoms with E-state index in [0.29, 0.717) is 12.1 Å². The fourth-order valence-corrected chi connectivity index (χ4v) is 1.65. The summed E-state index contributed by atoms with van der Waals surface area (Å²) < 4.78 is 53.4. The second-order valence-electron chi connectivity index (χ2n) is 3.74. The number of carboxylic acids is 1. The molecule has 0 saturated carbocycles. The Kier molecular flexibility index (Phi) is 3.25. The van der Waals surface area contributed by atoms with Gasteiger partial charge < -0.3 is 5.11 Å². The molecule has 0 amide bonds. The summed E-state index contributed by atoms with van der Waals surface area (Å²) in [5.41, 5.74) is -1.71. The SMILES string of the molecule is O=C(O)c1ccc(F)c(-c2c(F)cc(F)cc2F)c1. The highest BCUT2D eigenvalue weighted by Crippen LogP contribution is 2.30. The van der Waals surface area contributed by atoms with Gasteiger partial charge >= 0.3 is 5.97 Å². The Morgan fingerprint density at radius 3 is 2.00 bits per heavy atom. The van der Waals surface area contributed by atoms with Gasteiger partial charge in [-0.15, -0.1) is 0 Å². The van der Waals surface area contributed by atoms with Gasteiger partial charge in [-0.2, -0.15) is 0 Å². The molecule has 2 nitrogen and oxygen atoms in total. The molecule has 0 fully saturated rings. The maximum atomic E-state index is 13.6. The largest absolute Gasteiger partial charge is 0.478 e. The molecule has 2 aromatic carbocycles.